The van der Waals surface area contributed by atoms with Crippen LogP contribution in [0.1, 0.15) is 11.1 Å². The average molecular weight is 464 g/mol. The molecule has 0 fully saturated rings. The highest BCUT2D eigenvalue weighted by molar-refractivity contribution is 6.36. The third-order valence-corrected chi connectivity index (χ3v) is 4.85. The van der Waals surface area contributed by atoms with Crippen molar-refractivity contribution in [2.45, 2.75) is 6.54 Å². The van der Waals surface area contributed by atoms with Gasteiger partial charge in [0.05, 0.1) is 11.2 Å². The first-order chi connectivity index (χ1) is 15.7. The number of para-hydroxylation sites is 1. The smallest absolute Gasteiger partial charge is 0.250 e. The summed E-state index contributed by atoms with van der Waals surface area (Å²) >= 11 is 12.1. The number of nitrogens with zero attached hydrogens (tertiary/aromatic N) is 4. The summed E-state index contributed by atoms with van der Waals surface area (Å²) in [5.41, 5.74) is 5.51. The number of halogens is 2. The topological polar surface area (TPSA) is 87.1 Å². The van der Waals surface area contributed by atoms with Crippen molar-refractivity contribution in [1.82, 2.24) is 15.0 Å². The van der Waals surface area contributed by atoms with Crippen molar-refractivity contribution >= 4 is 52.9 Å². The lowest BCUT2D eigenvalue weighted by Gasteiger charge is -2.10. The van der Waals surface area contributed by atoms with E-state index in [0.29, 0.717) is 34.1 Å². The number of hydrogen-bond donors (Lipinski definition) is 3. The van der Waals surface area contributed by atoms with Crippen molar-refractivity contribution in [1.29, 1.82) is 0 Å². The molecule has 0 aliphatic carbocycles. The van der Waals surface area contributed by atoms with E-state index < -0.39 is 0 Å². The standard InChI is InChI=1S/C23H19Cl2N7/c24-18-12-11-17(20(25)13-18)15-27-32-23-30-21(26-14-16-7-3-1-4-8-16)29-22(31-23)28-19-9-5-2-6-10-19/h1-13,15H,14H2,(H3,26,28,29,30,31,32)/b27-15-. The van der Waals surface area contributed by atoms with Gasteiger partial charge in [-0.15, -0.1) is 0 Å². The Morgan fingerprint density at radius 3 is 2.22 bits per heavy atom. The molecule has 0 aliphatic rings. The lowest BCUT2D eigenvalue weighted by Crippen LogP contribution is -2.09. The molecule has 0 saturated heterocycles. The molecule has 0 amide bonds. The molecule has 0 atom stereocenters. The van der Waals surface area contributed by atoms with Crippen molar-refractivity contribution in [3.63, 3.8) is 0 Å². The molecule has 0 spiro atoms. The van der Waals surface area contributed by atoms with Crippen molar-refractivity contribution in [2.24, 2.45) is 5.10 Å². The molecule has 3 aromatic carbocycles. The van der Waals surface area contributed by atoms with Gasteiger partial charge in [0.25, 0.3) is 0 Å². The largest absolute Gasteiger partial charge is 0.350 e. The first kappa shape index (κ1) is 21.5. The molecule has 0 aliphatic heterocycles. The van der Waals surface area contributed by atoms with Crippen LogP contribution in [0.25, 0.3) is 0 Å². The van der Waals surface area contributed by atoms with Gasteiger partial charge in [-0.05, 0) is 29.8 Å². The number of hydrazone groups is 1. The third-order valence-electron chi connectivity index (χ3n) is 4.29. The molecule has 1 aromatic heterocycles. The summed E-state index contributed by atoms with van der Waals surface area (Å²) < 4.78 is 0. The minimum Gasteiger partial charge on any atom is -0.350 e. The summed E-state index contributed by atoms with van der Waals surface area (Å²) in [5, 5.41) is 11.7. The SMILES string of the molecule is Clc1ccc(/C=N\Nc2nc(NCc3ccccc3)nc(Nc3ccccc3)n2)c(Cl)c1. The normalized spacial score (nSPS) is 10.8. The molecule has 4 rings (SSSR count). The van der Waals surface area contributed by atoms with Gasteiger partial charge in [0.1, 0.15) is 0 Å². The fourth-order valence-corrected chi connectivity index (χ4v) is 3.21. The van der Waals surface area contributed by atoms with Gasteiger partial charge in [-0.3, -0.25) is 0 Å². The number of rotatable bonds is 8. The summed E-state index contributed by atoms with van der Waals surface area (Å²) in [5.74, 6) is 1.06. The van der Waals surface area contributed by atoms with Crippen LogP contribution in [-0.4, -0.2) is 21.2 Å². The second-order valence-corrected chi connectivity index (χ2v) is 7.52. The molecule has 0 saturated carbocycles. The third kappa shape index (κ3) is 6.16. The van der Waals surface area contributed by atoms with E-state index in [1.165, 1.54) is 0 Å². The predicted octanol–water partition coefficient (Wildman–Crippen LogP) is 5.98. The number of hydrogen-bond acceptors (Lipinski definition) is 7. The highest BCUT2D eigenvalue weighted by Crippen LogP contribution is 2.20. The molecule has 7 nitrogen and oxygen atoms in total. The molecule has 3 N–H and O–H groups in total. The van der Waals surface area contributed by atoms with E-state index in [0.717, 1.165) is 11.3 Å². The Bertz CT molecular complexity index is 1200. The second kappa shape index (κ2) is 10.6. The lowest BCUT2D eigenvalue weighted by atomic mass is 10.2. The zero-order valence-corrected chi connectivity index (χ0v) is 18.3. The fraction of sp³-hybridized carbons (Fsp3) is 0.0435. The summed E-state index contributed by atoms with van der Waals surface area (Å²) in [4.78, 5) is 13.3. The average Bonchev–Trinajstić information content (AvgIpc) is 2.80. The Balaban J connectivity index is 1.53. The molecule has 4 aromatic rings. The van der Waals surface area contributed by atoms with Crippen LogP contribution in [0, 0.1) is 0 Å². The molecule has 0 unspecified atom stereocenters. The van der Waals surface area contributed by atoms with Gasteiger partial charge in [-0.25, -0.2) is 5.43 Å². The lowest BCUT2D eigenvalue weighted by molar-refractivity contribution is 0.999. The molecule has 9 heteroatoms. The summed E-state index contributed by atoms with van der Waals surface area (Å²) in [6.07, 6.45) is 1.57. The Hall–Kier alpha value is -3.68. The molecular weight excluding hydrogens is 445 g/mol. The van der Waals surface area contributed by atoms with Crippen molar-refractivity contribution < 1.29 is 0 Å². The van der Waals surface area contributed by atoms with E-state index in [1.807, 2.05) is 60.7 Å². The fourth-order valence-electron chi connectivity index (χ4n) is 2.75. The minimum absolute atomic E-state index is 0.273. The van der Waals surface area contributed by atoms with Gasteiger partial charge >= 0.3 is 0 Å². The minimum atomic E-state index is 0.273. The van der Waals surface area contributed by atoms with E-state index in [1.54, 1.807) is 24.4 Å². The van der Waals surface area contributed by atoms with Gasteiger partial charge in [0.2, 0.25) is 17.8 Å². The van der Waals surface area contributed by atoms with Crippen LogP contribution in [0.5, 0.6) is 0 Å². The van der Waals surface area contributed by atoms with Gasteiger partial charge in [0.15, 0.2) is 0 Å². The summed E-state index contributed by atoms with van der Waals surface area (Å²) in [6.45, 7) is 0.568. The molecular formula is C23H19Cl2N7. The Labute approximate surface area is 195 Å². The van der Waals surface area contributed by atoms with Crippen LogP contribution in [0.15, 0.2) is 84.0 Å². The maximum atomic E-state index is 6.19. The quantitative estimate of drug-likeness (QED) is 0.220. The van der Waals surface area contributed by atoms with E-state index >= 15 is 0 Å². The zero-order valence-electron chi connectivity index (χ0n) is 16.8. The number of benzene rings is 3. The monoisotopic (exact) mass is 463 g/mol. The van der Waals surface area contributed by atoms with E-state index in [9.17, 15) is 0 Å². The van der Waals surface area contributed by atoms with Gasteiger partial charge in [-0.2, -0.15) is 20.1 Å². The Kier molecular flexibility index (Phi) is 7.12. The molecule has 0 radical (unpaired) electrons. The van der Waals surface area contributed by atoms with Gasteiger partial charge in [-0.1, -0.05) is 77.8 Å². The van der Waals surface area contributed by atoms with E-state index in [2.05, 4.69) is 36.1 Å². The molecule has 1 heterocycles. The Morgan fingerprint density at radius 1 is 0.781 bits per heavy atom. The van der Waals surface area contributed by atoms with Crippen LogP contribution >= 0.6 is 23.2 Å². The predicted molar refractivity (Wildman–Crippen MR) is 131 cm³/mol. The van der Waals surface area contributed by atoms with E-state index in [4.69, 9.17) is 23.2 Å². The zero-order chi connectivity index (χ0) is 22.2. The highest BCUT2D eigenvalue weighted by atomic mass is 35.5. The molecule has 160 valence electrons. The first-order valence-electron chi connectivity index (χ1n) is 9.76. The Morgan fingerprint density at radius 2 is 1.47 bits per heavy atom. The van der Waals surface area contributed by atoms with Crippen LogP contribution in [0.2, 0.25) is 10.0 Å². The van der Waals surface area contributed by atoms with Crippen molar-refractivity contribution in [3.05, 3.63) is 100 Å². The highest BCUT2D eigenvalue weighted by Gasteiger charge is 2.07. The number of aromatic nitrogens is 3. The maximum absolute atomic E-state index is 6.19. The maximum Gasteiger partial charge on any atom is 0.250 e. The molecule has 32 heavy (non-hydrogen) atoms. The second-order valence-electron chi connectivity index (χ2n) is 6.67. The summed E-state index contributed by atoms with van der Waals surface area (Å²) in [6, 6.07) is 24.8. The first-order valence-corrected chi connectivity index (χ1v) is 10.5. The van der Waals surface area contributed by atoms with Crippen LogP contribution < -0.4 is 16.1 Å². The van der Waals surface area contributed by atoms with E-state index in [-0.39, 0.29) is 5.95 Å². The number of anilines is 4. The van der Waals surface area contributed by atoms with Crippen LogP contribution in [0.4, 0.5) is 23.5 Å². The molecule has 0 bridgehead atoms. The summed E-state index contributed by atoms with van der Waals surface area (Å²) in [7, 11) is 0. The van der Waals surface area contributed by atoms with Gasteiger partial charge in [0, 0.05) is 22.8 Å². The van der Waals surface area contributed by atoms with Crippen LogP contribution in [0.3, 0.4) is 0 Å². The van der Waals surface area contributed by atoms with Crippen LogP contribution in [-0.2, 0) is 6.54 Å². The van der Waals surface area contributed by atoms with Crippen molar-refractivity contribution in [2.75, 3.05) is 16.1 Å². The number of nitrogens with one attached hydrogen (secondary N) is 3. The van der Waals surface area contributed by atoms with Gasteiger partial charge < -0.3 is 10.6 Å². The van der Waals surface area contributed by atoms with Crippen molar-refractivity contribution in [3.8, 4) is 0 Å².